The number of ether oxygens (including phenoxy) is 2. The number of amides is 2. The third-order valence-corrected chi connectivity index (χ3v) is 5.46. The van der Waals surface area contributed by atoms with Crippen LogP contribution in [-0.2, 0) is 11.3 Å². The number of aryl methyl sites for hydroxylation is 1. The molecule has 0 spiro atoms. The van der Waals surface area contributed by atoms with Gasteiger partial charge in [0.25, 0.3) is 5.91 Å². The van der Waals surface area contributed by atoms with Crippen LogP contribution < -0.4 is 15.2 Å². The number of rotatable bonds is 6. The molecule has 6 nitrogen and oxygen atoms in total. The lowest BCUT2D eigenvalue weighted by Gasteiger charge is -2.31. The van der Waals surface area contributed by atoms with Crippen LogP contribution in [0.4, 0.5) is 13.2 Å². The lowest BCUT2D eigenvalue weighted by Crippen LogP contribution is -2.41. The predicted molar refractivity (Wildman–Crippen MR) is 117 cm³/mol. The van der Waals surface area contributed by atoms with Gasteiger partial charge in [-0.25, -0.2) is 13.2 Å². The summed E-state index contributed by atoms with van der Waals surface area (Å²) in [5, 5.41) is 0. The summed E-state index contributed by atoms with van der Waals surface area (Å²) in [5.41, 5.74) is 6.84. The van der Waals surface area contributed by atoms with Gasteiger partial charge in [0.15, 0.2) is 29.0 Å². The molecule has 0 unspecified atom stereocenters. The van der Waals surface area contributed by atoms with Crippen molar-refractivity contribution in [1.82, 2.24) is 4.90 Å². The van der Waals surface area contributed by atoms with E-state index in [0.29, 0.717) is 41.9 Å². The van der Waals surface area contributed by atoms with E-state index in [1.807, 2.05) is 6.92 Å². The molecule has 1 heterocycles. The Hall–Kier alpha value is -4.01. The fourth-order valence-corrected chi connectivity index (χ4v) is 3.74. The number of fused-ring (bicyclic) bond motifs is 1. The summed E-state index contributed by atoms with van der Waals surface area (Å²) in [6.07, 6.45) is 0. The molecule has 2 N–H and O–H groups in total. The molecule has 1 aliphatic rings. The number of carbonyl (C=O) groups is 2. The predicted octanol–water partition coefficient (Wildman–Crippen LogP) is 4.05. The van der Waals surface area contributed by atoms with Crippen molar-refractivity contribution in [3.8, 4) is 11.5 Å². The third-order valence-electron chi connectivity index (χ3n) is 5.46. The fraction of sp³-hybridized carbons (Fsp3) is 0.200. The highest BCUT2D eigenvalue weighted by Crippen LogP contribution is 2.35. The quantitative estimate of drug-likeness (QED) is 0.551. The number of primary amides is 1. The molecule has 0 saturated heterocycles. The zero-order valence-electron chi connectivity index (χ0n) is 18.2. The second-order valence-electron chi connectivity index (χ2n) is 7.85. The van der Waals surface area contributed by atoms with Crippen LogP contribution in [0, 0.1) is 24.4 Å². The van der Waals surface area contributed by atoms with Crippen molar-refractivity contribution >= 4 is 11.8 Å². The van der Waals surface area contributed by atoms with E-state index >= 15 is 0 Å². The van der Waals surface area contributed by atoms with Gasteiger partial charge in [-0.2, -0.15) is 0 Å². The van der Waals surface area contributed by atoms with Crippen molar-refractivity contribution in [2.24, 2.45) is 5.73 Å². The Morgan fingerprint density at radius 3 is 2.29 bits per heavy atom. The summed E-state index contributed by atoms with van der Waals surface area (Å²) < 4.78 is 53.0. The first-order chi connectivity index (χ1) is 16.3. The maximum Gasteiger partial charge on any atom is 0.258 e. The summed E-state index contributed by atoms with van der Waals surface area (Å²) in [6, 6.07) is 11.8. The number of benzene rings is 3. The van der Waals surface area contributed by atoms with Crippen molar-refractivity contribution in [3.05, 3.63) is 94.3 Å². The maximum absolute atomic E-state index is 14.5. The highest BCUT2D eigenvalue weighted by Gasteiger charge is 2.34. The lowest BCUT2D eigenvalue weighted by atomic mass is 10.0. The second-order valence-corrected chi connectivity index (χ2v) is 7.85. The minimum absolute atomic E-state index is 0.153. The largest absolute Gasteiger partial charge is 0.486 e. The second kappa shape index (κ2) is 9.46. The summed E-state index contributed by atoms with van der Waals surface area (Å²) in [4.78, 5) is 27.1. The zero-order valence-corrected chi connectivity index (χ0v) is 18.2. The van der Waals surface area contributed by atoms with E-state index in [1.54, 1.807) is 36.4 Å². The first-order valence-corrected chi connectivity index (χ1v) is 10.4. The highest BCUT2D eigenvalue weighted by molar-refractivity contribution is 5.98. The summed E-state index contributed by atoms with van der Waals surface area (Å²) >= 11 is 0. The van der Waals surface area contributed by atoms with Gasteiger partial charge in [-0.15, -0.1) is 0 Å². The van der Waals surface area contributed by atoms with Crippen LogP contribution in [-0.4, -0.2) is 29.9 Å². The molecule has 176 valence electrons. The van der Waals surface area contributed by atoms with Crippen molar-refractivity contribution in [2.45, 2.75) is 19.5 Å². The minimum Gasteiger partial charge on any atom is -0.486 e. The van der Waals surface area contributed by atoms with Crippen LogP contribution in [0.2, 0.25) is 0 Å². The minimum atomic E-state index is -1.78. The van der Waals surface area contributed by atoms with Crippen LogP contribution in [0.5, 0.6) is 11.5 Å². The molecule has 0 fully saturated rings. The van der Waals surface area contributed by atoms with Crippen molar-refractivity contribution < 1.29 is 32.2 Å². The van der Waals surface area contributed by atoms with Gasteiger partial charge in [0.05, 0.1) is 5.56 Å². The molecule has 1 atom stereocenters. The molecule has 9 heteroatoms. The molecule has 3 aromatic rings. The first-order valence-electron chi connectivity index (χ1n) is 10.4. The van der Waals surface area contributed by atoms with Gasteiger partial charge in [-0.1, -0.05) is 35.9 Å². The van der Waals surface area contributed by atoms with Gasteiger partial charge in [-0.05, 0) is 42.3 Å². The Labute approximate surface area is 193 Å². The van der Waals surface area contributed by atoms with Gasteiger partial charge in [-0.3, -0.25) is 9.59 Å². The van der Waals surface area contributed by atoms with Gasteiger partial charge in [0, 0.05) is 6.54 Å². The first kappa shape index (κ1) is 23.2. The number of hydrogen-bond acceptors (Lipinski definition) is 4. The van der Waals surface area contributed by atoms with E-state index in [-0.39, 0.29) is 6.54 Å². The van der Waals surface area contributed by atoms with Crippen LogP contribution in [0.1, 0.15) is 33.1 Å². The van der Waals surface area contributed by atoms with Crippen molar-refractivity contribution in [3.63, 3.8) is 0 Å². The van der Waals surface area contributed by atoms with Gasteiger partial charge >= 0.3 is 0 Å². The summed E-state index contributed by atoms with van der Waals surface area (Å²) in [6.45, 7) is 2.38. The Morgan fingerprint density at radius 1 is 0.941 bits per heavy atom. The molecule has 0 bridgehead atoms. The van der Waals surface area contributed by atoms with E-state index in [1.165, 1.54) is 6.07 Å². The summed E-state index contributed by atoms with van der Waals surface area (Å²) in [7, 11) is 0. The van der Waals surface area contributed by atoms with Crippen LogP contribution >= 0.6 is 0 Å². The number of nitrogens with two attached hydrogens (primary N) is 1. The smallest absolute Gasteiger partial charge is 0.258 e. The van der Waals surface area contributed by atoms with Crippen LogP contribution in [0.25, 0.3) is 0 Å². The van der Waals surface area contributed by atoms with E-state index in [2.05, 4.69) is 0 Å². The Balaban J connectivity index is 1.81. The van der Waals surface area contributed by atoms with Crippen molar-refractivity contribution in [2.75, 3.05) is 13.2 Å². The van der Waals surface area contributed by atoms with Crippen LogP contribution in [0.3, 0.4) is 0 Å². The molecular formula is C25H21F3N2O4. The molecule has 34 heavy (non-hydrogen) atoms. The zero-order chi connectivity index (χ0) is 24.4. The van der Waals surface area contributed by atoms with Crippen LogP contribution in [0.15, 0.2) is 54.6 Å². The summed E-state index contributed by atoms with van der Waals surface area (Å²) in [5.74, 6) is -5.98. The monoisotopic (exact) mass is 470 g/mol. The molecular weight excluding hydrogens is 449 g/mol. The average molecular weight is 470 g/mol. The molecule has 1 aliphatic heterocycles. The average Bonchev–Trinajstić information content (AvgIpc) is 2.83. The number of nitrogens with zero attached hydrogens (tertiary/aromatic N) is 1. The highest BCUT2D eigenvalue weighted by atomic mass is 19.2. The van der Waals surface area contributed by atoms with Crippen molar-refractivity contribution in [1.29, 1.82) is 0 Å². The molecule has 0 saturated carbocycles. The standard InChI is InChI=1S/C25H21F3N2O4/c1-14-2-4-15(5-3-14)13-30(25(32)17-7-8-18(26)22(28)21(17)27)23(24(29)31)16-6-9-19-20(12-16)34-11-10-33-19/h2-9,12,23H,10-11,13H2,1H3,(H2,29,31)/t23-/m0/s1. The number of hydrogen-bond donors (Lipinski definition) is 1. The van der Waals surface area contributed by atoms with E-state index in [4.69, 9.17) is 15.2 Å². The molecule has 0 radical (unpaired) electrons. The number of halogens is 3. The van der Waals surface area contributed by atoms with Gasteiger partial charge < -0.3 is 20.1 Å². The van der Waals surface area contributed by atoms with Gasteiger partial charge in [0.1, 0.15) is 19.3 Å². The SMILES string of the molecule is Cc1ccc(CN(C(=O)c2ccc(F)c(F)c2F)[C@H](C(N)=O)c2ccc3c(c2)OCCO3)cc1. The van der Waals surface area contributed by atoms with E-state index in [0.717, 1.165) is 16.5 Å². The molecule has 0 aliphatic carbocycles. The lowest BCUT2D eigenvalue weighted by molar-refractivity contribution is -0.122. The molecule has 4 rings (SSSR count). The number of carbonyl (C=O) groups excluding carboxylic acids is 2. The van der Waals surface area contributed by atoms with Gasteiger partial charge in [0.2, 0.25) is 5.91 Å². The molecule has 2 amide bonds. The normalized spacial score (nSPS) is 13.3. The molecule has 3 aromatic carbocycles. The Morgan fingerprint density at radius 2 is 1.62 bits per heavy atom. The third kappa shape index (κ3) is 4.54. The maximum atomic E-state index is 14.5. The van der Waals surface area contributed by atoms with E-state index < -0.39 is 40.9 Å². The topological polar surface area (TPSA) is 81.9 Å². The molecule has 0 aromatic heterocycles. The Kier molecular flexibility index (Phi) is 6.45. The van der Waals surface area contributed by atoms with E-state index in [9.17, 15) is 22.8 Å². The fourth-order valence-electron chi connectivity index (χ4n) is 3.74. The Bertz CT molecular complexity index is 1250.